The van der Waals surface area contributed by atoms with E-state index in [1.165, 1.54) is 6.92 Å². The Balaban J connectivity index is 1.41. The molecule has 9 heteroatoms. The maximum atomic E-state index is 13.1. The van der Waals surface area contributed by atoms with Crippen LogP contribution in [0.3, 0.4) is 0 Å². The molecule has 0 bridgehead atoms. The van der Waals surface area contributed by atoms with Gasteiger partial charge in [-0.2, -0.15) is 0 Å². The van der Waals surface area contributed by atoms with Gasteiger partial charge in [0, 0.05) is 40.7 Å². The van der Waals surface area contributed by atoms with E-state index in [1.54, 1.807) is 29.7 Å². The highest BCUT2D eigenvalue weighted by molar-refractivity contribution is 5.95. The van der Waals surface area contributed by atoms with Crippen LogP contribution in [0.4, 0.5) is 0 Å². The Kier molecular flexibility index (Phi) is 8.03. The van der Waals surface area contributed by atoms with Gasteiger partial charge in [0.15, 0.2) is 0 Å². The van der Waals surface area contributed by atoms with Gasteiger partial charge in [-0.25, -0.2) is 5.48 Å². The Bertz CT molecular complexity index is 1280. The van der Waals surface area contributed by atoms with E-state index in [1.807, 2.05) is 37.3 Å². The van der Waals surface area contributed by atoms with Crippen molar-refractivity contribution in [3.05, 3.63) is 71.4 Å². The zero-order valence-corrected chi connectivity index (χ0v) is 21.0. The maximum absolute atomic E-state index is 13.1. The van der Waals surface area contributed by atoms with E-state index in [-0.39, 0.29) is 24.3 Å². The van der Waals surface area contributed by atoms with E-state index in [4.69, 9.17) is 9.94 Å². The number of carbonyl (C=O) groups is 3. The van der Waals surface area contributed by atoms with Crippen LogP contribution in [0.2, 0.25) is 0 Å². The number of rotatable bonds is 8. The van der Waals surface area contributed by atoms with Gasteiger partial charge in [0.05, 0.1) is 11.9 Å². The molecule has 1 aliphatic carbocycles. The van der Waals surface area contributed by atoms with Gasteiger partial charge in [-0.05, 0) is 69.0 Å². The first-order valence-corrected chi connectivity index (χ1v) is 12.4. The van der Waals surface area contributed by atoms with Crippen LogP contribution < -0.4 is 20.9 Å². The molecule has 1 heterocycles. The minimum Gasteiger partial charge on any atom is -0.489 e. The highest BCUT2D eigenvalue weighted by Gasteiger charge is 2.39. The summed E-state index contributed by atoms with van der Waals surface area (Å²) in [5.74, 6) is -0.364. The molecule has 0 saturated heterocycles. The van der Waals surface area contributed by atoms with Crippen molar-refractivity contribution in [2.24, 2.45) is 0 Å². The summed E-state index contributed by atoms with van der Waals surface area (Å²) in [5.41, 5.74) is 4.15. The quantitative estimate of drug-likeness (QED) is 0.274. The molecule has 9 nitrogen and oxygen atoms in total. The zero-order chi connectivity index (χ0) is 26.4. The molecule has 0 aliphatic heterocycles. The minimum absolute atomic E-state index is 0.00236. The van der Waals surface area contributed by atoms with Crippen molar-refractivity contribution in [2.45, 2.75) is 64.1 Å². The molecule has 4 N–H and O–H groups in total. The maximum Gasteiger partial charge on any atom is 0.251 e. The molecule has 1 saturated carbocycles. The van der Waals surface area contributed by atoms with Gasteiger partial charge in [0.1, 0.15) is 12.4 Å². The van der Waals surface area contributed by atoms with Gasteiger partial charge >= 0.3 is 0 Å². The summed E-state index contributed by atoms with van der Waals surface area (Å²) >= 11 is 0. The van der Waals surface area contributed by atoms with Crippen LogP contribution in [-0.2, 0) is 16.2 Å². The molecule has 0 radical (unpaired) electrons. The second-order valence-corrected chi connectivity index (χ2v) is 9.67. The molecular formula is C28H32N4O5. The van der Waals surface area contributed by atoms with Gasteiger partial charge in [-0.1, -0.05) is 18.2 Å². The lowest BCUT2D eigenvalue weighted by Gasteiger charge is -2.40. The smallest absolute Gasteiger partial charge is 0.251 e. The third kappa shape index (κ3) is 6.62. The topological polar surface area (TPSA) is 130 Å². The summed E-state index contributed by atoms with van der Waals surface area (Å²) in [6.45, 7) is 3.79. The number of carbonyl (C=O) groups excluding carboxylic acids is 3. The fraction of sp³-hybridized carbons (Fsp3) is 0.357. The van der Waals surface area contributed by atoms with Crippen LogP contribution >= 0.6 is 0 Å². The lowest BCUT2D eigenvalue weighted by Crippen LogP contribution is -2.55. The molecule has 1 aromatic heterocycles. The van der Waals surface area contributed by atoms with E-state index in [0.717, 1.165) is 22.2 Å². The van der Waals surface area contributed by atoms with Crippen molar-refractivity contribution >= 4 is 28.6 Å². The number of nitrogens with zero attached hydrogens (tertiary/aromatic N) is 1. The van der Waals surface area contributed by atoms with Crippen LogP contribution in [0.25, 0.3) is 10.9 Å². The second-order valence-electron chi connectivity index (χ2n) is 9.67. The first-order valence-electron chi connectivity index (χ1n) is 12.4. The van der Waals surface area contributed by atoms with Gasteiger partial charge in [-0.15, -0.1) is 0 Å². The van der Waals surface area contributed by atoms with Crippen molar-refractivity contribution in [2.75, 3.05) is 0 Å². The summed E-state index contributed by atoms with van der Waals surface area (Å²) in [6, 6.07) is 16.8. The van der Waals surface area contributed by atoms with E-state index in [2.05, 4.69) is 15.6 Å². The summed E-state index contributed by atoms with van der Waals surface area (Å²) in [7, 11) is 0. The molecule has 0 spiro atoms. The van der Waals surface area contributed by atoms with Crippen molar-refractivity contribution in [3.8, 4) is 5.75 Å². The Morgan fingerprint density at radius 1 is 1.08 bits per heavy atom. The third-order valence-corrected chi connectivity index (χ3v) is 6.79. The molecule has 3 amide bonds. The highest BCUT2D eigenvalue weighted by Crippen LogP contribution is 2.32. The Morgan fingerprint density at radius 2 is 1.78 bits per heavy atom. The second kappa shape index (κ2) is 11.4. The Hall–Kier alpha value is -3.98. The summed E-state index contributed by atoms with van der Waals surface area (Å²) in [5, 5.41) is 16.0. The number of benzene rings is 2. The first-order chi connectivity index (χ1) is 17.8. The lowest BCUT2D eigenvalue weighted by atomic mass is 9.76. The molecule has 1 fully saturated rings. The number of aromatic nitrogens is 1. The number of amides is 3. The fourth-order valence-electron chi connectivity index (χ4n) is 4.99. The average molecular weight is 505 g/mol. The standard InChI is InChI=1S/C28H32N4O5/c1-18-15-21(24-5-3-4-6-25(24)29-18)17-37-23-9-7-20(8-10-23)27(35)31-28(16-26(34)32-36)13-11-22(12-14-28)30-19(2)33/h3-10,15,22,36H,11-14,16-17H2,1-2H3,(H,30,33)(H,31,35)(H,32,34). The largest absolute Gasteiger partial charge is 0.489 e. The van der Waals surface area contributed by atoms with Crippen molar-refractivity contribution in [1.29, 1.82) is 0 Å². The Morgan fingerprint density at radius 3 is 2.46 bits per heavy atom. The summed E-state index contributed by atoms with van der Waals surface area (Å²) in [4.78, 5) is 41.1. The molecule has 3 aromatic rings. The third-order valence-electron chi connectivity index (χ3n) is 6.79. The summed E-state index contributed by atoms with van der Waals surface area (Å²) in [6.07, 6.45) is 2.18. The fourth-order valence-corrected chi connectivity index (χ4v) is 4.99. The molecule has 0 unspecified atom stereocenters. The highest BCUT2D eigenvalue weighted by atomic mass is 16.5. The minimum atomic E-state index is -0.811. The van der Waals surface area contributed by atoms with Crippen LogP contribution in [0.15, 0.2) is 54.6 Å². The number of fused-ring (bicyclic) bond motifs is 1. The van der Waals surface area contributed by atoms with Crippen LogP contribution in [0, 0.1) is 6.92 Å². The number of hydrogen-bond donors (Lipinski definition) is 4. The normalized spacial score (nSPS) is 19.2. The predicted octanol–water partition coefficient (Wildman–Crippen LogP) is 3.57. The van der Waals surface area contributed by atoms with Crippen molar-refractivity contribution in [1.82, 2.24) is 21.1 Å². The Labute approximate surface area is 215 Å². The van der Waals surface area contributed by atoms with Gasteiger partial charge in [0.25, 0.3) is 5.91 Å². The number of hydrogen-bond acceptors (Lipinski definition) is 6. The van der Waals surface area contributed by atoms with Gasteiger partial charge in [-0.3, -0.25) is 24.6 Å². The number of hydroxylamine groups is 1. The van der Waals surface area contributed by atoms with Crippen LogP contribution in [0.1, 0.15) is 60.6 Å². The number of para-hydroxylation sites is 1. The van der Waals surface area contributed by atoms with Crippen LogP contribution in [-0.4, -0.2) is 39.5 Å². The number of pyridine rings is 1. The molecule has 1 aliphatic rings. The van der Waals surface area contributed by atoms with E-state index < -0.39 is 11.4 Å². The molecular weight excluding hydrogens is 472 g/mol. The molecule has 4 rings (SSSR count). The number of ether oxygens (including phenoxy) is 1. The zero-order valence-electron chi connectivity index (χ0n) is 21.0. The number of nitrogens with one attached hydrogen (secondary N) is 3. The molecule has 194 valence electrons. The monoisotopic (exact) mass is 504 g/mol. The van der Waals surface area contributed by atoms with Gasteiger partial charge in [0.2, 0.25) is 11.8 Å². The van der Waals surface area contributed by atoms with E-state index >= 15 is 0 Å². The van der Waals surface area contributed by atoms with Crippen molar-refractivity contribution < 1.29 is 24.3 Å². The average Bonchev–Trinajstić information content (AvgIpc) is 2.88. The van der Waals surface area contributed by atoms with E-state index in [9.17, 15) is 14.4 Å². The van der Waals surface area contributed by atoms with Gasteiger partial charge < -0.3 is 15.4 Å². The number of aryl methyl sites for hydroxylation is 1. The predicted molar refractivity (Wildman–Crippen MR) is 138 cm³/mol. The first kappa shape index (κ1) is 26.1. The lowest BCUT2D eigenvalue weighted by molar-refractivity contribution is -0.131. The molecule has 2 aromatic carbocycles. The molecule has 0 atom stereocenters. The van der Waals surface area contributed by atoms with Crippen LogP contribution in [0.5, 0.6) is 5.75 Å². The van der Waals surface area contributed by atoms with Crippen molar-refractivity contribution in [3.63, 3.8) is 0 Å². The summed E-state index contributed by atoms with van der Waals surface area (Å²) < 4.78 is 6.00. The SMILES string of the molecule is CC(=O)NC1CCC(CC(=O)NO)(NC(=O)c2ccc(OCc3cc(C)nc4ccccc34)cc2)CC1. The molecule has 37 heavy (non-hydrogen) atoms. The van der Waals surface area contributed by atoms with E-state index in [0.29, 0.717) is 43.6 Å².